The molecular formula is C15H23NO. The maximum Gasteiger partial charge on any atom is 0.122 e. The fourth-order valence-corrected chi connectivity index (χ4v) is 2.38. The first-order valence-electron chi connectivity index (χ1n) is 6.81. The van der Waals surface area contributed by atoms with Crippen LogP contribution >= 0.6 is 0 Å². The van der Waals surface area contributed by atoms with Gasteiger partial charge in [-0.15, -0.1) is 0 Å². The van der Waals surface area contributed by atoms with Crippen LogP contribution in [0.15, 0.2) is 24.3 Å². The van der Waals surface area contributed by atoms with E-state index in [1.54, 1.807) is 0 Å². The molecule has 0 aromatic heterocycles. The monoisotopic (exact) mass is 233 g/mol. The van der Waals surface area contributed by atoms with Gasteiger partial charge in [-0.3, -0.25) is 0 Å². The molecule has 1 saturated heterocycles. The third kappa shape index (κ3) is 3.74. The van der Waals surface area contributed by atoms with Gasteiger partial charge >= 0.3 is 0 Å². The van der Waals surface area contributed by atoms with Crippen LogP contribution in [0.3, 0.4) is 0 Å². The number of rotatable bonds is 5. The van der Waals surface area contributed by atoms with E-state index in [1.165, 1.54) is 24.8 Å². The Morgan fingerprint density at radius 3 is 2.76 bits per heavy atom. The van der Waals surface area contributed by atoms with E-state index in [0.29, 0.717) is 0 Å². The quantitative estimate of drug-likeness (QED) is 0.844. The van der Waals surface area contributed by atoms with Crippen molar-refractivity contribution >= 4 is 0 Å². The number of piperidine rings is 1. The maximum atomic E-state index is 6.00. The lowest BCUT2D eigenvalue weighted by Crippen LogP contribution is -2.30. The summed E-state index contributed by atoms with van der Waals surface area (Å²) in [7, 11) is 0. The van der Waals surface area contributed by atoms with Gasteiger partial charge in [-0.2, -0.15) is 0 Å². The predicted molar refractivity (Wildman–Crippen MR) is 71.5 cm³/mol. The smallest absolute Gasteiger partial charge is 0.122 e. The maximum absolute atomic E-state index is 6.00. The summed E-state index contributed by atoms with van der Waals surface area (Å²) in [5, 5.41) is 3.39. The Bertz CT molecular complexity index is 331. The van der Waals surface area contributed by atoms with E-state index in [-0.39, 0.29) is 0 Å². The van der Waals surface area contributed by atoms with Crippen LogP contribution in [-0.2, 0) is 6.42 Å². The molecule has 1 aromatic carbocycles. The molecule has 2 rings (SSSR count). The summed E-state index contributed by atoms with van der Waals surface area (Å²) in [6, 6.07) is 8.45. The Balaban J connectivity index is 1.88. The summed E-state index contributed by atoms with van der Waals surface area (Å²) in [4.78, 5) is 0. The van der Waals surface area contributed by atoms with Gasteiger partial charge in [0, 0.05) is 0 Å². The largest absolute Gasteiger partial charge is 0.493 e. The highest BCUT2D eigenvalue weighted by atomic mass is 16.5. The van der Waals surface area contributed by atoms with Crippen molar-refractivity contribution < 1.29 is 4.74 Å². The van der Waals surface area contributed by atoms with Crippen LogP contribution < -0.4 is 10.1 Å². The van der Waals surface area contributed by atoms with Crippen LogP contribution in [0.2, 0.25) is 0 Å². The number of aryl methyl sites for hydroxylation is 1. The minimum atomic E-state index is 0.728. The second-order valence-corrected chi connectivity index (χ2v) is 4.86. The Morgan fingerprint density at radius 1 is 1.24 bits per heavy atom. The van der Waals surface area contributed by atoms with E-state index in [9.17, 15) is 0 Å². The second-order valence-electron chi connectivity index (χ2n) is 4.86. The number of hydrogen-bond donors (Lipinski definition) is 1. The third-order valence-corrected chi connectivity index (χ3v) is 3.43. The highest BCUT2D eigenvalue weighted by molar-refractivity contribution is 5.33. The minimum absolute atomic E-state index is 0.728. The summed E-state index contributed by atoms with van der Waals surface area (Å²) in [5.41, 5.74) is 1.35. The predicted octanol–water partition coefficient (Wildman–Crippen LogP) is 3.02. The number of nitrogens with one attached hydrogen (secondary N) is 1. The van der Waals surface area contributed by atoms with Crippen LogP contribution in [0.5, 0.6) is 5.75 Å². The van der Waals surface area contributed by atoms with E-state index < -0.39 is 0 Å². The molecule has 1 aromatic rings. The van der Waals surface area contributed by atoms with E-state index in [0.717, 1.165) is 37.8 Å². The summed E-state index contributed by atoms with van der Waals surface area (Å²) in [5.74, 6) is 1.82. The number of hydrogen-bond acceptors (Lipinski definition) is 2. The molecule has 0 radical (unpaired) electrons. The molecule has 0 saturated carbocycles. The lowest BCUT2D eigenvalue weighted by Gasteiger charge is -2.23. The molecule has 1 heterocycles. The summed E-state index contributed by atoms with van der Waals surface area (Å²) >= 11 is 0. The SMILES string of the molecule is CCCc1ccccc1OCC1CCNCC1. The molecular weight excluding hydrogens is 210 g/mol. The summed E-state index contributed by atoms with van der Waals surface area (Å²) in [6.45, 7) is 5.38. The fourth-order valence-electron chi connectivity index (χ4n) is 2.38. The zero-order valence-electron chi connectivity index (χ0n) is 10.7. The Labute approximate surface area is 104 Å². The highest BCUT2D eigenvalue weighted by Crippen LogP contribution is 2.21. The van der Waals surface area contributed by atoms with E-state index >= 15 is 0 Å². The van der Waals surface area contributed by atoms with Crippen molar-refractivity contribution in [2.24, 2.45) is 5.92 Å². The average Bonchev–Trinajstić information content (AvgIpc) is 2.39. The molecule has 0 spiro atoms. The van der Waals surface area contributed by atoms with Gasteiger partial charge in [0.25, 0.3) is 0 Å². The molecule has 0 atom stereocenters. The molecule has 2 heteroatoms. The van der Waals surface area contributed by atoms with Crippen molar-refractivity contribution in [3.63, 3.8) is 0 Å². The zero-order valence-corrected chi connectivity index (χ0v) is 10.7. The molecule has 0 aliphatic carbocycles. The molecule has 0 unspecified atom stereocenters. The molecule has 94 valence electrons. The Kier molecular flexibility index (Phi) is 4.87. The van der Waals surface area contributed by atoms with Crippen molar-refractivity contribution in [2.75, 3.05) is 19.7 Å². The van der Waals surface area contributed by atoms with Gasteiger partial charge in [0.15, 0.2) is 0 Å². The van der Waals surface area contributed by atoms with Crippen LogP contribution in [0, 0.1) is 5.92 Å². The molecule has 2 nitrogen and oxygen atoms in total. The average molecular weight is 233 g/mol. The molecule has 17 heavy (non-hydrogen) atoms. The zero-order chi connectivity index (χ0) is 11.9. The summed E-state index contributed by atoms with van der Waals surface area (Å²) < 4.78 is 6.00. The topological polar surface area (TPSA) is 21.3 Å². The van der Waals surface area contributed by atoms with Crippen molar-refractivity contribution in [3.05, 3.63) is 29.8 Å². The van der Waals surface area contributed by atoms with Gasteiger partial charge in [0.05, 0.1) is 6.61 Å². The second kappa shape index (κ2) is 6.65. The molecule has 0 amide bonds. The van der Waals surface area contributed by atoms with Gasteiger partial charge in [0.1, 0.15) is 5.75 Å². The van der Waals surface area contributed by atoms with E-state index in [1.807, 2.05) is 0 Å². The number of para-hydroxylation sites is 1. The van der Waals surface area contributed by atoms with E-state index in [4.69, 9.17) is 4.74 Å². The molecule has 1 fully saturated rings. The Hall–Kier alpha value is -1.02. The fraction of sp³-hybridized carbons (Fsp3) is 0.600. The Morgan fingerprint density at radius 2 is 2.00 bits per heavy atom. The van der Waals surface area contributed by atoms with Crippen LogP contribution in [0.25, 0.3) is 0 Å². The molecule has 0 bridgehead atoms. The normalized spacial score (nSPS) is 17.0. The van der Waals surface area contributed by atoms with Gasteiger partial charge in [0.2, 0.25) is 0 Å². The third-order valence-electron chi connectivity index (χ3n) is 3.43. The van der Waals surface area contributed by atoms with Gasteiger partial charge in [-0.25, -0.2) is 0 Å². The standard InChI is InChI=1S/C15H23NO/c1-2-5-14-6-3-4-7-15(14)17-12-13-8-10-16-11-9-13/h3-4,6-7,13,16H,2,5,8-12H2,1H3. The first-order valence-corrected chi connectivity index (χ1v) is 6.81. The van der Waals surface area contributed by atoms with Crippen molar-refractivity contribution in [2.45, 2.75) is 32.6 Å². The van der Waals surface area contributed by atoms with Crippen LogP contribution in [0.4, 0.5) is 0 Å². The van der Waals surface area contributed by atoms with Gasteiger partial charge in [-0.1, -0.05) is 31.5 Å². The van der Waals surface area contributed by atoms with Crippen molar-refractivity contribution in [1.29, 1.82) is 0 Å². The molecule has 1 aliphatic heterocycles. The highest BCUT2D eigenvalue weighted by Gasteiger charge is 2.14. The van der Waals surface area contributed by atoms with Gasteiger partial charge in [-0.05, 0) is 49.9 Å². The van der Waals surface area contributed by atoms with Crippen molar-refractivity contribution in [1.82, 2.24) is 5.32 Å². The van der Waals surface area contributed by atoms with E-state index in [2.05, 4.69) is 36.5 Å². The first kappa shape index (κ1) is 12.4. The summed E-state index contributed by atoms with van der Waals surface area (Å²) in [6.07, 6.45) is 4.78. The minimum Gasteiger partial charge on any atom is -0.493 e. The number of benzene rings is 1. The van der Waals surface area contributed by atoms with Crippen molar-refractivity contribution in [3.8, 4) is 5.75 Å². The van der Waals surface area contributed by atoms with Crippen LogP contribution in [0.1, 0.15) is 31.7 Å². The molecule has 1 N–H and O–H groups in total. The van der Waals surface area contributed by atoms with Gasteiger partial charge < -0.3 is 10.1 Å². The lowest BCUT2D eigenvalue weighted by molar-refractivity contribution is 0.213. The first-order chi connectivity index (χ1) is 8.40. The molecule has 1 aliphatic rings. The van der Waals surface area contributed by atoms with Crippen LogP contribution in [-0.4, -0.2) is 19.7 Å². The lowest BCUT2D eigenvalue weighted by atomic mass is 9.99. The number of ether oxygens (including phenoxy) is 1.